The first kappa shape index (κ1) is 43.9. The van der Waals surface area contributed by atoms with Crippen LogP contribution in [-0.2, 0) is 16.2 Å². The number of anilines is 5. The maximum atomic E-state index is 2.72. The van der Waals surface area contributed by atoms with Crippen molar-refractivity contribution >= 4 is 88.9 Å². The first-order chi connectivity index (χ1) is 31.8. The van der Waals surface area contributed by atoms with E-state index in [2.05, 4.69) is 225 Å². The van der Waals surface area contributed by atoms with Crippen molar-refractivity contribution in [2.45, 2.75) is 112 Å². The Kier molecular flexibility index (Phi) is 10.3. The van der Waals surface area contributed by atoms with E-state index in [9.17, 15) is 0 Å². The van der Waals surface area contributed by atoms with E-state index in [1.165, 1.54) is 115 Å². The number of thiophene rings is 2. The van der Waals surface area contributed by atoms with Gasteiger partial charge >= 0.3 is 0 Å². The summed E-state index contributed by atoms with van der Waals surface area (Å²) in [5.41, 5.74) is 23.8. The molecule has 4 heterocycles. The lowest BCUT2D eigenvalue weighted by Gasteiger charge is -2.47. The molecule has 67 heavy (non-hydrogen) atoms. The fourth-order valence-electron chi connectivity index (χ4n) is 11.0. The zero-order valence-corrected chi connectivity index (χ0v) is 43.1. The van der Waals surface area contributed by atoms with E-state index < -0.39 is 0 Å². The van der Waals surface area contributed by atoms with Gasteiger partial charge in [-0.05, 0) is 192 Å². The van der Waals surface area contributed by atoms with Crippen LogP contribution in [0.25, 0.3) is 42.4 Å². The van der Waals surface area contributed by atoms with Gasteiger partial charge < -0.3 is 9.80 Å². The minimum absolute atomic E-state index is 0.0113. The molecule has 2 aromatic heterocycles. The van der Waals surface area contributed by atoms with Gasteiger partial charge in [-0.3, -0.25) is 0 Å². The zero-order valence-electron chi connectivity index (χ0n) is 41.5. The van der Waals surface area contributed by atoms with E-state index in [1.54, 1.807) is 5.57 Å². The molecule has 5 heteroatoms. The highest BCUT2D eigenvalue weighted by molar-refractivity contribution is 7.17. The number of benzene rings is 6. The summed E-state index contributed by atoms with van der Waals surface area (Å²) < 4.78 is 2.65. The van der Waals surface area contributed by atoms with Gasteiger partial charge in [0.2, 0.25) is 0 Å². The summed E-state index contributed by atoms with van der Waals surface area (Å²) in [4.78, 5) is 5.37. The van der Waals surface area contributed by atoms with Crippen molar-refractivity contribution in [2.24, 2.45) is 5.92 Å². The fourth-order valence-corrected chi connectivity index (χ4v) is 12.5. The van der Waals surface area contributed by atoms with Crippen molar-refractivity contribution in [1.29, 1.82) is 0 Å². The number of hydrogen-bond donors (Lipinski definition) is 0. The van der Waals surface area contributed by atoms with Crippen molar-refractivity contribution in [3.05, 3.63) is 171 Å². The molecule has 0 bridgehead atoms. The van der Waals surface area contributed by atoms with E-state index in [-0.39, 0.29) is 23.0 Å². The Labute approximate surface area is 407 Å². The maximum absolute atomic E-state index is 2.72. The molecule has 2 aliphatic heterocycles. The van der Waals surface area contributed by atoms with Crippen molar-refractivity contribution in [3.63, 3.8) is 0 Å². The highest BCUT2D eigenvalue weighted by atomic mass is 32.1. The molecular formula is C62H63BN2S2. The Bertz CT molecular complexity index is 3370. The summed E-state index contributed by atoms with van der Waals surface area (Å²) in [7, 11) is 0. The van der Waals surface area contributed by atoms with Gasteiger partial charge in [0.1, 0.15) is 0 Å². The van der Waals surface area contributed by atoms with Crippen LogP contribution in [0.3, 0.4) is 0 Å². The summed E-state index contributed by atoms with van der Waals surface area (Å²) in [6, 6.07) is 45.8. The molecule has 8 aromatic rings. The van der Waals surface area contributed by atoms with Crippen molar-refractivity contribution < 1.29 is 0 Å². The van der Waals surface area contributed by atoms with E-state index in [1.807, 2.05) is 22.7 Å². The van der Waals surface area contributed by atoms with Gasteiger partial charge in [0.25, 0.3) is 6.71 Å². The summed E-state index contributed by atoms with van der Waals surface area (Å²) in [5.74, 6) is 0.463. The minimum Gasteiger partial charge on any atom is -0.315 e. The fraction of sp³-hybridized carbons (Fsp3) is 0.290. The molecule has 0 fully saturated rings. The van der Waals surface area contributed by atoms with Gasteiger partial charge in [0.15, 0.2) is 0 Å². The molecule has 0 saturated heterocycles. The standard InChI is InChI=1S/C62H63BN2S2/c1-37(2)39-13-19-53-49(33-39)63-50-36-46(62(10,11)12)18-22-54(50)65(52-21-17-45(61(7,8)9)35-48(52)41-15-24-58-43(32-41)26-28-67-58)56-30-38(3)29-55(59(56)63)64(53)51-20-16-44(60(4,5)6)34-47(51)40-14-23-57-42(31-40)25-27-66-57/h14-18,20-37H,13,19H2,1-12H3. The third-order valence-corrected chi connectivity index (χ3v) is 16.7. The summed E-state index contributed by atoms with van der Waals surface area (Å²) >= 11 is 3.64. The predicted octanol–water partition coefficient (Wildman–Crippen LogP) is 17.4. The second kappa shape index (κ2) is 15.7. The third-order valence-electron chi connectivity index (χ3n) is 14.9. The first-order valence-electron chi connectivity index (χ1n) is 24.4. The molecule has 11 rings (SSSR count). The van der Waals surface area contributed by atoms with Gasteiger partial charge in [0.05, 0.1) is 11.4 Å². The van der Waals surface area contributed by atoms with Crippen LogP contribution in [0, 0.1) is 12.8 Å². The van der Waals surface area contributed by atoms with Crippen LogP contribution >= 0.6 is 22.7 Å². The zero-order chi connectivity index (χ0) is 46.9. The van der Waals surface area contributed by atoms with E-state index >= 15 is 0 Å². The molecule has 0 spiro atoms. The SMILES string of the molecule is Cc1cc2c3c(c1)N(c1ccc(C(C)(C)C)cc1-c1ccc4sccc4c1)c1ccc(C(C)(C)C)cc1B3C1=C(CCC(C(C)C)=C1)N2c1ccc(C(C)(C)C)cc1-c1ccc2sccc2c1. The molecule has 336 valence electrons. The molecule has 1 aliphatic carbocycles. The van der Waals surface area contributed by atoms with Gasteiger partial charge in [0, 0.05) is 43.3 Å². The van der Waals surface area contributed by atoms with Gasteiger partial charge in [-0.2, -0.15) is 0 Å². The van der Waals surface area contributed by atoms with E-state index in [4.69, 9.17) is 0 Å². The molecule has 2 nitrogen and oxygen atoms in total. The van der Waals surface area contributed by atoms with E-state index in [0.717, 1.165) is 12.8 Å². The van der Waals surface area contributed by atoms with Crippen LogP contribution in [0.5, 0.6) is 0 Å². The van der Waals surface area contributed by atoms with E-state index in [0.29, 0.717) is 5.92 Å². The maximum Gasteiger partial charge on any atom is 0.251 e. The number of allylic oxidation sites excluding steroid dienone is 4. The van der Waals surface area contributed by atoms with Crippen LogP contribution in [0.2, 0.25) is 0 Å². The number of rotatable bonds is 5. The lowest BCUT2D eigenvalue weighted by molar-refractivity contribution is 0.590. The summed E-state index contributed by atoms with van der Waals surface area (Å²) in [6.07, 6.45) is 4.68. The van der Waals surface area contributed by atoms with Crippen molar-refractivity contribution in [1.82, 2.24) is 0 Å². The molecule has 0 atom stereocenters. The largest absolute Gasteiger partial charge is 0.315 e. The van der Waals surface area contributed by atoms with Crippen molar-refractivity contribution in [3.8, 4) is 22.3 Å². The Hall–Kier alpha value is -5.62. The topological polar surface area (TPSA) is 6.48 Å². The Balaban J connectivity index is 1.24. The van der Waals surface area contributed by atoms with Gasteiger partial charge in [-0.25, -0.2) is 0 Å². The molecule has 0 N–H and O–H groups in total. The number of fused-ring (bicyclic) bond motifs is 5. The average Bonchev–Trinajstić information content (AvgIpc) is 3.97. The summed E-state index contributed by atoms with van der Waals surface area (Å²) in [5, 5.41) is 7.04. The monoisotopic (exact) mass is 910 g/mol. The summed E-state index contributed by atoms with van der Waals surface area (Å²) in [6.45, 7) is 28.3. The molecule has 0 saturated carbocycles. The molecule has 3 aliphatic rings. The lowest BCUT2D eigenvalue weighted by Crippen LogP contribution is -2.56. The predicted molar refractivity (Wildman–Crippen MR) is 296 cm³/mol. The number of hydrogen-bond acceptors (Lipinski definition) is 4. The lowest BCUT2D eigenvalue weighted by atomic mass is 9.32. The van der Waals surface area contributed by atoms with Crippen LogP contribution in [0.4, 0.5) is 28.4 Å². The first-order valence-corrected chi connectivity index (χ1v) is 26.2. The van der Waals surface area contributed by atoms with Crippen LogP contribution in [0.1, 0.15) is 111 Å². The van der Waals surface area contributed by atoms with Crippen LogP contribution < -0.4 is 20.7 Å². The normalized spacial score (nSPS) is 15.1. The molecule has 0 radical (unpaired) electrons. The highest BCUT2D eigenvalue weighted by Crippen LogP contribution is 2.52. The smallest absolute Gasteiger partial charge is 0.251 e. The van der Waals surface area contributed by atoms with Crippen LogP contribution in [0.15, 0.2) is 149 Å². The average molecular weight is 911 g/mol. The minimum atomic E-state index is -0.0254. The quantitative estimate of drug-likeness (QED) is 0.159. The Morgan fingerprint density at radius 1 is 0.507 bits per heavy atom. The molecule has 0 amide bonds. The molecular weight excluding hydrogens is 848 g/mol. The van der Waals surface area contributed by atoms with Gasteiger partial charge in [-0.15, -0.1) is 22.7 Å². The van der Waals surface area contributed by atoms with Crippen LogP contribution in [-0.4, -0.2) is 6.71 Å². The Morgan fingerprint density at radius 2 is 1.00 bits per heavy atom. The third kappa shape index (κ3) is 7.44. The molecule has 0 unspecified atom stereocenters. The van der Waals surface area contributed by atoms with Gasteiger partial charge in [-0.1, -0.05) is 124 Å². The number of nitrogens with zero attached hydrogens (tertiary/aromatic N) is 2. The Morgan fingerprint density at radius 3 is 1.52 bits per heavy atom. The number of aryl methyl sites for hydroxylation is 1. The highest BCUT2D eigenvalue weighted by Gasteiger charge is 2.46. The van der Waals surface area contributed by atoms with Crippen molar-refractivity contribution in [2.75, 3.05) is 9.80 Å². The molecule has 6 aromatic carbocycles. The second-order valence-corrected chi connectivity index (χ2v) is 24.8. The second-order valence-electron chi connectivity index (χ2n) is 22.9.